The molecule has 86 valence electrons. The largest absolute Gasteiger partial charge is 0.470 e. The maximum Gasteiger partial charge on any atom is 0.470 e. The first-order chi connectivity index (χ1) is 7.47. The number of hydrogen-bond donors (Lipinski definition) is 0. The second kappa shape index (κ2) is 3.66. The first-order valence-electron chi connectivity index (χ1n) is 4.28. The average Bonchev–Trinajstić information content (AvgIpc) is 2.67. The lowest BCUT2D eigenvalue weighted by Gasteiger charge is -2.10. The lowest BCUT2D eigenvalue weighted by atomic mass is 10.3. The van der Waals surface area contributed by atoms with Gasteiger partial charge in [0.2, 0.25) is 0 Å². The van der Waals surface area contributed by atoms with Gasteiger partial charge in [-0.05, 0) is 24.3 Å². The predicted molar refractivity (Wildman–Crippen MR) is 48.3 cm³/mol. The summed E-state index contributed by atoms with van der Waals surface area (Å²) in [6.07, 6.45) is -4.60. The SMILES string of the molecule is Fc1ccc(N2COC(C(F)(F)F)=N2)cc1. The third-order valence-corrected chi connectivity index (χ3v) is 1.90. The Balaban J connectivity index is 2.20. The number of hydrogen-bond acceptors (Lipinski definition) is 3. The Labute approximate surface area is 87.9 Å². The average molecular weight is 234 g/mol. The number of benzene rings is 1. The van der Waals surface area contributed by atoms with Crippen LogP contribution in [0.2, 0.25) is 0 Å². The second-order valence-corrected chi connectivity index (χ2v) is 3.05. The van der Waals surface area contributed by atoms with Crippen molar-refractivity contribution in [3.05, 3.63) is 30.1 Å². The van der Waals surface area contributed by atoms with E-state index in [2.05, 4.69) is 9.84 Å². The molecule has 1 aliphatic rings. The van der Waals surface area contributed by atoms with E-state index in [4.69, 9.17) is 0 Å². The van der Waals surface area contributed by atoms with Gasteiger partial charge in [0.25, 0.3) is 0 Å². The Morgan fingerprint density at radius 1 is 1.19 bits per heavy atom. The molecule has 0 aromatic heterocycles. The number of ether oxygens (including phenoxy) is 1. The summed E-state index contributed by atoms with van der Waals surface area (Å²) in [6, 6.07) is 4.91. The van der Waals surface area contributed by atoms with Gasteiger partial charge >= 0.3 is 12.1 Å². The highest BCUT2D eigenvalue weighted by Gasteiger charge is 2.42. The van der Waals surface area contributed by atoms with Gasteiger partial charge < -0.3 is 4.74 Å². The first kappa shape index (κ1) is 10.7. The molecule has 0 N–H and O–H groups in total. The van der Waals surface area contributed by atoms with E-state index in [0.29, 0.717) is 5.69 Å². The summed E-state index contributed by atoms with van der Waals surface area (Å²) in [7, 11) is 0. The highest BCUT2D eigenvalue weighted by Crippen LogP contribution is 2.25. The molecule has 0 bridgehead atoms. The molecular weight excluding hydrogens is 228 g/mol. The van der Waals surface area contributed by atoms with Crippen LogP contribution in [0, 0.1) is 5.82 Å². The normalized spacial score (nSPS) is 16.0. The molecule has 7 heteroatoms. The lowest BCUT2D eigenvalue weighted by Crippen LogP contribution is -2.22. The minimum absolute atomic E-state index is 0.333. The summed E-state index contributed by atoms with van der Waals surface area (Å²) < 4.78 is 53.5. The number of rotatable bonds is 1. The minimum atomic E-state index is -4.60. The zero-order chi connectivity index (χ0) is 11.8. The molecule has 1 aromatic rings. The second-order valence-electron chi connectivity index (χ2n) is 3.05. The molecule has 0 unspecified atom stereocenters. The summed E-state index contributed by atoms with van der Waals surface area (Å²) in [6.45, 7) is -0.333. The van der Waals surface area contributed by atoms with E-state index < -0.39 is 17.9 Å². The Morgan fingerprint density at radius 3 is 2.31 bits per heavy atom. The smallest absolute Gasteiger partial charge is 0.450 e. The molecule has 0 fully saturated rings. The Bertz CT molecular complexity index is 413. The van der Waals surface area contributed by atoms with E-state index in [9.17, 15) is 17.6 Å². The van der Waals surface area contributed by atoms with Crippen LogP contribution in [0.25, 0.3) is 0 Å². The topological polar surface area (TPSA) is 24.8 Å². The molecule has 1 aliphatic heterocycles. The van der Waals surface area contributed by atoms with Crippen LogP contribution >= 0.6 is 0 Å². The van der Waals surface area contributed by atoms with Crippen LogP contribution in [0.15, 0.2) is 29.4 Å². The van der Waals surface area contributed by atoms with Crippen molar-refractivity contribution in [3.63, 3.8) is 0 Å². The molecule has 0 amide bonds. The molecule has 0 atom stereocenters. The van der Waals surface area contributed by atoms with Crippen LogP contribution in [-0.4, -0.2) is 18.8 Å². The molecule has 0 spiro atoms. The molecule has 1 heterocycles. The highest BCUT2D eigenvalue weighted by atomic mass is 19.4. The summed E-state index contributed by atoms with van der Waals surface area (Å²) in [5.74, 6) is -1.76. The lowest BCUT2D eigenvalue weighted by molar-refractivity contribution is -0.0752. The van der Waals surface area contributed by atoms with Crippen molar-refractivity contribution in [2.45, 2.75) is 6.18 Å². The molecule has 1 aromatic carbocycles. The minimum Gasteiger partial charge on any atom is -0.450 e. The van der Waals surface area contributed by atoms with E-state index in [1.165, 1.54) is 12.1 Å². The van der Waals surface area contributed by atoms with Crippen LogP contribution in [0.3, 0.4) is 0 Å². The monoisotopic (exact) mass is 234 g/mol. The molecule has 0 aliphatic carbocycles. The van der Waals surface area contributed by atoms with Gasteiger partial charge in [-0.1, -0.05) is 0 Å². The third-order valence-electron chi connectivity index (χ3n) is 1.90. The van der Waals surface area contributed by atoms with E-state index in [0.717, 1.165) is 17.1 Å². The van der Waals surface area contributed by atoms with Crippen LogP contribution in [0.5, 0.6) is 0 Å². The Kier molecular flexibility index (Phi) is 2.45. The molecule has 0 radical (unpaired) electrons. The number of alkyl halides is 3. The standard InChI is InChI=1S/C9H6F4N2O/c10-6-1-3-7(4-2-6)15-5-16-8(14-15)9(11,12)13/h1-4H,5H2. The first-order valence-corrected chi connectivity index (χ1v) is 4.28. The molecule has 0 saturated carbocycles. The van der Waals surface area contributed by atoms with Crippen LogP contribution < -0.4 is 5.01 Å². The van der Waals surface area contributed by atoms with Crippen molar-refractivity contribution in [2.75, 3.05) is 11.7 Å². The molecule has 0 saturated heterocycles. The fraction of sp³-hybridized carbons (Fsp3) is 0.222. The molecule has 3 nitrogen and oxygen atoms in total. The number of anilines is 1. The van der Waals surface area contributed by atoms with Crippen molar-refractivity contribution in [2.24, 2.45) is 5.10 Å². The zero-order valence-corrected chi connectivity index (χ0v) is 7.83. The summed E-state index contributed by atoms with van der Waals surface area (Å²) >= 11 is 0. The van der Waals surface area contributed by atoms with E-state index >= 15 is 0 Å². The van der Waals surface area contributed by atoms with Crippen molar-refractivity contribution in [1.82, 2.24) is 0 Å². The zero-order valence-electron chi connectivity index (χ0n) is 7.83. The third kappa shape index (κ3) is 2.07. The van der Waals surface area contributed by atoms with Gasteiger partial charge in [0.15, 0.2) is 6.73 Å². The predicted octanol–water partition coefficient (Wildman–Crippen LogP) is 2.50. The fourth-order valence-electron chi connectivity index (χ4n) is 1.17. The Morgan fingerprint density at radius 2 is 1.81 bits per heavy atom. The van der Waals surface area contributed by atoms with Crippen molar-refractivity contribution in [3.8, 4) is 0 Å². The van der Waals surface area contributed by atoms with Crippen LogP contribution in [0.4, 0.5) is 23.2 Å². The van der Waals surface area contributed by atoms with Crippen molar-refractivity contribution in [1.29, 1.82) is 0 Å². The van der Waals surface area contributed by atoms with E-state index in [-0.39, 0.29) is 6.73 Å². The van der Waals surface area contributed by atoms with Gasteiger partial charge in [-0.15, -0.1) is 5.10 Å². The maximum absolute atomic E-state index is 12.6. The fourth-order valence-corrected chi connectivity index (χ4v) is 1.17. The van der Waals surface area contributed by atoms with E-state index in [1.807, 2.05) is 0 Å². The summed E-state index contributed by atoms with van der Waals surface area (Å²) in [5.41, 5.74) is 0.334. The molecule has 16 heavy (non-hydrogen) atoms. The van der Waals surface area contributed by atoms with Gasteiger partial charge in [-0.3, -0.25) is 0 Å². The van der Waals surface area contributed by atoms with Gasteiger partial charge in [-0.2, -0.15) is 13.2 Å². The molecular formula is C9H6F4N2O. The van der Waals surface area contributed by atoms with Gasteiger partial charge in [0, 0.05) is 0 Å². The van der Waals surface area contributed by atoms with Crippen LogP contribution in [-0.2, 0) is 4.74 Å². The number of hydrazone groups is 1. The Hall–Kier alpha value is -1.79. The summed E-state index contributed by atoms with van der Waals surface area (Å²) in [4.78, 5) is 0. The quantitative estimate of drug-likeness (QED) is 0.697. The number of halogens is 4. The van der Waals surface area contributed by atoms with Gasteiger partial charge in [0.05, 0.1) is 5.69 Å². The van der Waals surface area contributed by atoms with Crippen molar-refractivity contribution >= 4 is 11.6 Å². The van der Waals surface area contributed by atoms with Crippen LogP contribution in [0.1, 0.15) is 0 Å². The van der Waals surface area contributed by atoms with E-state index in [1.54, 1.807) is 0 Å². The maximum atomic E-state index is 12.6. The van der Waals surface area contributed by atoms with Gasteiger partial charge in [-0.25, -0.2) is 9.40 Å². The summed E-state index contributed by atoms with van der Waals surface area (Å²) in [5, 5.41) is 4.24. The van der Waals surface area contributed by atoms with Crippen molar-refractivity contribution < 1.29 is 22.3 Å². The number of nitrogens with zero attached hydrogens (tertiary/aromatic N) is 2. The molecule has 2 rings (SSSR count). The highest BCUT2D eigenvalue weighted by molar-refractivity contribution is 5.84. The van der Waals surface area contributed by atoms with Gasteiger partial charge in [0.1, 0.15) is 5.82 Å².